The van der Waals surface area contributed by atoms with Gasteiger partial charge in [0.25, 0.3) is 0 Å². The topological polar surface area (TPSA) is 55.4 Å². The number of benzene rings is 3. The van der Waals surface area contributed by atoms with Gasteiger partial charge in [0.05, 0.1) is 18.1 Å². The van der Waals surface area contributed by atoms with Crippen LogP contribution in [0.4, 0.5) is 0 Å². The molecule has 3 aromatic carbocycles. The van der Waals surface area contributed by atoms with Gasteiger partial charge in [-0.1, -0.05) is 78.9 Å². The summed E-state index contributed by atoms with van der Waals surface area (Å²) in [5, 5.41) is 0. The van der Waals surface area contributed by atoms with E-state index in [2.05, 4.69) is 16.9 Å². The molecule has 1 fully saturated rings. The minimum absolute atomic E-state index is 0.222. The average molecular weight is 408 g/mol. The van der Waals surface area contributed by atoms with Crippen molar-refractivity contribution in [1.82, 2.24) is 4.72 Å². The summed E-state index contributed by atoms with van der Waals surface area (Å²) in [7, 11) is -3.54. The Kier molecular flexibility index (Phi) is 5.81. The van der Waals surface area contributed by atoms with E-state index in [1.807, 2.05) is 54.6 Å². The molecule has 1 unspecified atom stereocenters. The monoisotopic (exact) mass is 407 g/mol. The molecule has 29 heavy (non-hydrogen) atoms. The number of hydrogen-bond acceptors (Lipinski definition) is 3. The van der Waals surface area contributed by atoms with Crippen molar-refractivity contribution in [3.8, 4) is 0 Å². The Labute approximate surface area is 172 Å². The Morgan fingerprint density at radius 3 is 2.10 bits per heavy atom. The number of rotatable bonds is 9. The number of hydrogen-bond donors (Lipinski definition) is 1. The number of ether oxygens (including phenoxy) is 1. The molecule has 4 rings (SSSR count). The zero-order chi connectivity index (χ0) is 20.2. The van der Waals surface area contributed by atoms with Gasteiger partial charge >= 0.3 is 0 Å². The Balaban J connectivity index is 1.44. The molecule has 1 aliphatic carbocycles. The second kappa shape index (κ2) is 8.49. The van der Waals surface area contributed by atoms with E-state index in [4.69, 9.17) is 4.74 Å². The van der Waals surface area contributed by atoms with Gasteiger partial charge in [-0.05, 0) is 35.6 Å². The highest BCUT2D eigenvalue weighted by Crippen LogP contribution is 2.54. The largest absolute Gasteiger partial charge is 0.376 e. The maximum absolute atomic E-state index is 12.7. The molecule has 0 aromatic heterocycles. The van der Waals surface area contributed by atoms with Crippen molar-refractivity contribution in [2.24, 2.45) is 5.92 Å². The van der Waals surface area contributed by atoms with Gasteiger partial charge in [0.2, 0.25) is 10.0 Å². The molecule has 0 spiro atoms. The lowest BCUT2D eigenvalue weighted by atomic mass is 9.93. The van der Waals surface area contributed by atoms with Crippen molar-refractivity contribution >= 4 is 10.0 Å². The first-order valence-corrected chi connectivity index (χ1v) is 11.3. The van der Waals surface area contributed by atoms with Crippen molar-refractivity contribution in [1.29, 1.82) is 0 Å². The van der Waals surface area contributed by atoms with E-state index in [0.717, 1.165) is 17.5 Å². The molecule has 0 saturated heterocycles. The molecule has 0 amide bonds. The fourth-order valence-corrected chi connectivity index (χ4v) is 4.97. The molecule has 1 saturated carbocycles. The van der Waals surface area contributed by atoms with Crippen LogP contribution in [0.2, 0.25) is 0 Å². The van der Waals surface area contributed by atoms with Gasteiger partial charge in [-0.2, -0.15) is 0 Å². The predicted molar refractivity (Wildman–Crippen MR) is 114 cm³/mol. The Morgan fingerprint density at radius 2 is 1.45 bits per heavy atom. The SMILES string of the molecule is O=S(=O)(NCC1(c2ccccc2)C[C@H]1COCc1ccccc1)c1ccccc1. The first-order chi connectivity index (χ1) is 14.1. The minimum atomic E-state index is -3.54. The van der Waals surface area contributed by atoms with E-state index >= 15 is 0 Å². The van der Waals surface area contributed by atoms with E-state index in [0.29, 0.717) is 24.7 Å². The molecular formula is C24H25NO3S. The quantitative estimate of drug-likeness (QED) is 0.580. The fourth-order valence-electron chi connectivity index (χ4n) is 3.84. The summed E-state index contributed by atoms with van der Waals surface area (Å²) in [6.45, 7) is 1.54. The third-order valence-corrected chi connectivity index (χ3v) is 7.06. The summed E-state index contributed by atoms with van der Waals surface area (Å²) in [4.78, 5) is 0.292. The van der Waals surface area contributed by atoms with E-state index in [9.17, 15) is 8.42 Å². The van der Waals surface area contributed by atoms with Crippen LogP contribution < -0.4 is 4.72 Å². The highest BCUT2D eigenvalue weighted by Gasteiger charge is 2.55. The molecule has 0 bridgehead atoms. The smallest absolute Gasteiger partial charge is 0.240 e. The Hall–Kier alpha value is -2.47. The molecule has 150 valence electrons. The van der Waals surface area contributed by atoms with Gasteiger partial charge < -0.3 is 4.74 Å². The molecule has 3 aromatic rings. The molecular weight excluding hydrogens is 382 g/mol. The summed E-state index contributed by atoms with van der Waals surface area (Å²) < 4.78 is 34.2. The van der Waals surface area contributed by atoms with Crippen LogP contribution in [0.15, 0.2) is 95.9 Å². The lowest BCUT2D eigenvalue weighted by Gasteiger charge is -2.19. The van der Waals surface area contributed by atoms with Crippen LogP contribution in [0.3, 0.4) is 0 Å². The van der Waals surface area contributed by atoms with Crippen molar-refractivity contribution in [3.63, 3.8) is 0 Å². The third-order valence-electron chi connectivity index (χ3n) is 5.64. The van der Waals surface area contributed by atoms with E-state index in [1.54, 1.807) is 24.3 Å². The minimum Gasteiger partial charge on any atom is -0.376 e. The van der Waals surface area contributed by atoms with Crippen LogP contribution in [0.5, 0.6) is 0 Å². The van der Waals surface area contributed by atoms with Gasteiger partial charge in [0, 0.05) is 12.0 Å². The molecule has 5 heteroatoms. The molecule has 2 atom stereocenters. The number of sulfonamides is 1. The van der Waals surface area contributed by atoms with E-state index in [-0.39, 0.29) is 11.3 Å². The standard InChI is InChI=1S/C24H25NO3S/c26-29(27,23-14-8-3-9-15-23)25-19-24(21-12-6-2-7-13-21)16-22(24)18-28-17-20-10-4-1-5-11-20/h1-15,22,25H,16-19H2/t22-,24?/m0/s1. The van der Waals surface area contributed by atoms with Crippen molar-refractivity contribution in [2.45, 2.75) is 23.3 Å². The molecule has 1 aliphatic rings. The highest BCUT2D eigenvalue weighted by atomic mass is 32.2. The van der Waals surface area contributed by atoms with Gasteiger partial charge in [-0.25, -0.2) is 13.1 Å². The van der Waals surface area contributed by atoms with Crippen molar-refractivity contribution in [3.05, 3.63) is 102 Å². The van der Waals surface area contributed by atoms with Gasteiger partial charge in [0.15, 0.2) is 0 Å². The van der Waals surface area contributed by atoms with Gasteiger partial charge in [0.1, 0.15) is 0 Å². The second-order valence-electron chi connectivity index (χ2n) is 7.56. The van der Waals surface area contributed by atoms with E-state index < -0.39 is 10.0 Å². The van der Waals surface area contributed by atoms with Crippen LogP contribution in [0.1, 0.15) is 17.5 Å². The summed E-state index contributed by atoms with van der Waals surface area (Å²) in [6, 6.07) is 28.7. The van der Waals surface area contributed by atoms with Crippen molar-refractivity contribution in [2.75, 3.05) is 13.2 Å². The zero-order valence-electron chi connectivity index (χ0n) is 16.2. The maximum atomic E-state index is 12.7. The van der Waals surface area contributed by atoms with E-state index in [1.165, 1.54) is 0 Å². The Bertz CT molecular complexity index is 1020. The zero-order valence-corrected chi connectivity index (χ0v) is 17.0. The molecule has 4 nitrogen and oxygen atoms in total. The van der Waals surface area contributed by atoms with Crippen LogP contribution in [0, 0.1) is 5.92 Å². The molecule has 0 heterocycles. The normalized spacial score (nSPS) is 21.0. The molecule has 1 N–H and O–H groups in total. The lowest BCUT2D eigenvalue weighted by molar-refractivity contribution is 0.106. The summed E-state index contributed by atoms with van der Waals surface area (Å²) >= 11 is 0. The lowest BCUT2D eigenvalue weighted by Crippen LogP contribution is -2.34. The highest BCUT2D eigenvalue weighted by molar-refractivity contribution is 7.89. The molecule has 0 radical (unpaired) electrons. The summed E-state index contributed by atoms with van der Waals surface area (Å²) in [6.07, 6.45) is 0.906. The van der Waals surface area contributed by atoms with Crippen LogP contribution >= 0.6 is 0 Å². The summed E-state index contributed by atoms with van der Waals surface area (Å²) in [5.74, 6) is 0.284. The summed E-state index contributed by atoms with van der Waals surface area (Å²) in [5.41, 5.74) is 2.08. The second-order valence-corrected chi connectivity index (χ2v) is 9.33. The van der Waals surface area contributed by atoms with Crippen LogP contribution in [-0.2, 0) is 26.8 Å². The average Bonchev–Trinajstić information content (AvgIpc) is 3.49. The molecule has 0 aliphatic heterocycles. The first kappa shape index (κ1) is 19.8. The van der Waals surface area contributed by atoms with Gasteiger partial charge in [-0.3, -0.25) is 0 Å². The maximum Gasteiger partial charge on any atom is 0.240 e. The van der Waals surface area contributed by atoms with Crippen LogP contribution in [-0.4, -0.2) is 21.6 Å². The first-order valence-electron chi connectivity index (χ1n) is 9.82. The Morgan fingerprint density at radius 1 is 0.862 bits per heavy atom. The fraction of sp³-hybridized carbons (Fsp3) is 0.250. The van der Waals surface area contributed by atoms with Gasteiger partial charge in [-0.15, -0.1) is 0 Å². The third kappa shape index (κ3) is 4.58. The van der Waals surface area contributed by atoms with Crippen molar-refractivity contribution < 1.29 is 13.2 Å². The predicted octanol–water partition coefficient (Wildman–Crippen LogP) is 4.14. The van der Waals surface area contributed by atoms with Crippen LogP contribution in [0.25, 0.3) is 0 Å². The number of nitrogens with one attached hydrogen (secondary N) is 1.